The molecule has 2 rings (SSSR count). The molecule has 0 aliphatic heterocycles. The molecule has 2 nitrogen and oxygen atoms in total. The van der Waals surface area contributed by atoms with Gasteiger partial charge in [-0.1, -0.05) is 26.8 Å². The predicted octanol–water partition coefficient (Wildman–Crippen LogP) is 4.21. The second-order valence-electron chi connectivity index (χ2n) is 5.40. The molecule has 0 amide bonds. The van der Waals surface area contributed by atoms with Gasteiger partial charge in [0, 0.05) is 18.6 Å². The average Bonchev–Trinajstić information content (AvgIpc) is 2.79. The molecule has 0 unspecified atom stereocenters. The smallest absolute Gasteiger partial charge is 0.133 e. The molecule has 0 N–H and O–H groups in total. The molecule has 0 radical (unpaired) electrons. The van der Waals surface area contributed by atoms with Gasteiger partial charge in [-0.2, -0.15) is 0 Å². The van der Waals surface area contributed by atoms with Gasteiger partial charge >= 0.3 is 0 Å². The van der Waals surface area contributed by atoms with Crippen LogP contribution >= 0.6 is 0 Å². The van der Waals surface area contributed by atoms with Crippen molar-refractivity contribution < 1.29 is 8.78 Å². The zero-order valence-electron chi connectivity index (χ0n) is 11.2. The number of benzene rings is 1. The number of nitrogens with zero attached hydrogens (tertiary/aromatic N) is 2. The van der Waals surface area contributed by atoms with Crippen molar-refractivity contribution in [3.63, 3.8) is 0 Å². The first kappa shape index (κ1) is 13.5. The Morgan fingerprint density at radius 2 is 1.84 bits per heavy atom. The van der Waals surface area contributed by atoms with Gasteiger partial charge in [-0.15, -0.1) is 0 Å². The van der Waals surface area contributed by atoms with Crippen molar-refractivity contribution in [2.45, 2.75) is 20.8 Å². The summed E-state index contributed by atoms with van der Waals surface area (Å²) in [5.41, 5.74) is 0.206. The minimum Gasteiger partial charge on any atom is -0.313 e. The Morgan fingerprint density at radius 1 is 1.21 bits per heavy atom. The Bertz CT molecular complexity index is 573. The van der Waals surface area contributed by atoms with Crippen molar-refractivity contribution in [3.05, 3.63) is 54.1 Å². The molecule has 0 fully saturated rings. The van der Waals surface area contributed by atoms with E-state index in [0.29, 0.717) is 5.57 Å². The first-order valence-electron chi connectivity index (χ1n) is 6.03. The van der Waals surface area contributed by atoms with Gasteiger partial charge in [-0.25, -0.2) is 13.8 Å². The molecule has 0 aliphatic carbocycles. The summed E-state index contributed by atoms with van der Waals surface area (Å²) in [5, 5.41) is 0. The first-order valence-corrected chi connectivity index (χ1v) is 6.03. The zero-order chi connectivity index (χ0) is 14.0. The van der Waals surface area contributed by atoms with Gasteiger partial charge < -0.3 is 4.57 Å². The van der Waals surface area contributed by atoms with E-state index in [1.807, 2.05) is 20.8 Å². The van der Waals surface area contributed by atoms with Crippen LogP contribution in [0.25, 0.3) is 11.8 Å². The summed E-state index contributed by atoms with van der Waals surface area (Å²) in [6.45, 7) is 5.75. The van der Waals surface area contributed by atoms with Gasteiger partial charge in [-0.05, 0) is 23.1 Å². The van der Waals surface area contributed by atoms with Gasteiger partial charge in [0.25, 0.3) is 0 Å². The summed E-state index contributed by atoms with van der Waals surface area (Å²) in [7, 11) is 0. The van der Waals surface area contributed by atoms with Crippen LogP contribution in [0, 0.1) is 17.0 Å². The molecule has 0 aliphatic rings. The van der Waals surface area contributed by atoms with E-state index in [4.69, 9.17) is 0 Å². The number of imidazole rings is 1. The number of hydrogen-bond donors (Lipinski definition) is 0. The third kappa shape index (κ3) is 2.89. The van der Waals surface area contributed by atoms with Crippen LogP contribution in [0.5, 0.6) is 0 Å². The third-order valence-electron chi connectivity index (χ3n) is 2.84. The molecule has 2 aromatic rings. The first-order chi connectivity index (χ1) is 8.89. The molecule has 0 bridgehead atoms. The normalized spacial score (nSPS) is 12.8. The van der Waals surface area contributed by atoms with Crippen molar-refractivity contribution in [3.8, 4) is 0 Å². The Hall–Kier alpha value is -1.97. The Kier molecular flexibility index (Phi) is 3.51. The molecule has 0 atom stereocenters. The molecule has 0 saturated carbocycles. The average molecular weight is 262 g/mol. The lowest BCUT2D eigenvalue weighted by molar-refractivity contribution is 0.534. The van der Waals surface area contributed by atoms with E-state index in [1.54, 1.807) is 29.5 Å². The minimum absolute atomic E-state index is 0.0173. The van der Waals surface area contributed by atoms with Crippen LogP contribution in [0.1, 0.15) is 26.3 Å². The Morgan fingerprint density at radius 3 is 2.32 bits per heavy atom. The molecular weight excluding hydrogens is 246 g/mol. The van der Waals surface area contributed by atoms with E-state index >= 15 is 0 Å². The number of aromatic nitrogens is 2. The Labute approximate surface area is 111 Å². The number of halogens is 2. The summed E-state index contributed by atoms with van der Waals surface area (Å²) in [6, 6.07) is 3.91. The van der Waals surface area contributed by atoms with Crippen LogP contribution in [-0.4, -0.2) is 9.55 Å². The zero-order valence-corrected chi connectivity index (χ0v) is 11.2. The van der Waals surface area contributed by atoms with Gasteiger partial charge in [0.15, 0.2) is 0 Å². The summed E-state index contributed by atoms with van der Waals surface area (Å²) in [5.74, 6) is -1.11. The third-order valence-corrected chi connectivity index (χ3v) is 2.84. The largest absolute Gasteiger partial charge is 0.313 e. The number of rotatable bonds is 2. The summed E-state index contributed by atoms with van der Waals surface area (Å²) in [4.78, 5) is 3.93. The van der Waals surface area contributed by atoms with Crippen LogP contribution in [-0.2, 0) is 0 Å². The van der Waals surface area contributed by atoms with Crippen LogP contribution in [0.4, 0.5) is 8.78 Å². The van der Waals surface area contributed by atoms with Crippen LogP contribution in [0.2, 0.25) is 0 Å². The van der Waals surface area contributed by atoms with Crippen molar-refractivity contribution in [2.24, 2.45) is 5.41 Å². The SMILES string of the molecule is CC(C)(C)/C(=C\n1ccnc1)c1c(F)cccc1F. The molecule has 0 saturated heterocycles. The van der Waals surface area contributed by atoms with E-state index in [9.17, 15) is 8.78 Å². The minimum atomic E-state index is -0.554. The highest BCUT2D eigenvalue weighted by Gasteiger charge is 2.24. The molecule has 1 aromatic carbocycles. The molecule has 1 aromatic heterocycles. The summed E-state index contributed by atoms with van der Waals surface area (Å²) >= 11 is 0. The fourth-order valence-corrected chi connectivity index (χ4v) is 1.88. The van der Waals surface area contributed by atoms with Crippen molar-refractivity contribution in [1.29, 1.82) is 0 Å². The van der Waals surface area contributed by atoms with Crippen molar-refractivity contribution >= 4 is 11.8 Å². The monoisotopic (exact) mass is 262 g/mol. The molecule has 19 heavy (non-hydrogen) atoms. The van der Waals surface area contributed by atoms with Gasteiger partial charge in [-0.3, -0.25) is 0 Å². The van der Waals surface area contributed by atoms with Gasteiger partial charge in [0.05, 0.1) is 11.9 Å². The van der Waals surface area contributed by atoms with E-state index in [2.05, 4.69) is 4.98 Å². The lowest BCUT2D eigenvalue weighted by atomic mass is 9.82. The van der Waals surface area contributed by atoms with Gasteiger partial charge in [0.1, 0.15) is 11.6 Å². The van der Waals surface area contributed by atoms with Crippen molar-refractivity contribution in [1.82, 2.24) is 9.55 Å². The second kappa shape index (κ2) is 4.96. The van der Waals surface area contributed by atoms with E-state index in [-0.39, 0.29) is 5.56 Å². The highest BCUT2D eigenvalue weighted by atomic mass is 19.1. The number of hydrogen-bond acceptors (Lipinski definition) is 1. The lowest BCUT2D eigenvalue weighted by Crippen LogP contribution is -2.12. The maximum atomic E-state index is 14.0. The highest BCUT2D eigenvalue weighted by Crippen LogP contribution is 2.37. The summed E-state index contributed by atoms with van der Waals surface area (Å²) in [6.07, 6.45) is 6.64. The quantitative estimate of drug-likeness (QED) is 0.793. The standard InChI is InChI=1S/C15H16F2N2/c1-15(2,3)11(9-19-8-7-18-10-19)14-12(16)5-4-6-13(14)17/h4-10H,1-3H3/b11-9-. The van der Waals surface area contributed by atoms with Gasteiger partial charge in [0.2, 0.25) is 0 Å². The highest BCUT2D eigenvalue weighted by molar-refractivity contribution is 5.79. The fraction of sp³-hybridized carbons (Fsp3) is 0.267. The molecule has 100 valence electrons. The van der Waals surface area contributed by atoms with E-state index in [0.717, 1.165) is 0 Å². The Balaban J connectivity index is 2.63. The topological polar surface area (TPSA) is 17.8 Å². The van der Waals surface area contributed by atoms with Crippen LogP contribution < -0.4 is 0 Å². The maximum Gasteiger partial charge on any atom is 0.133 e. The van der Waals surface area contributed by atoms with E-state index in [1.165, 1.54) is 18.2 Å². The second-order valence-corrected chi connectivity index (χ2v) is 5.40. The maximum absolute atomic E-state index is 14.0. The van der Waals surface area contributed by atoms with Crippen LogP contribution in [0.3, 0.4) is 0 Å². The molecule has 0 spiro atoms. The predicted molar refractivity (Wildman–Crippen MR) is 72.2 cm³/mol. The van der Waals surface area contributed by atoms with Crippen LogP contribution in [0.15, 0.2) is 36.9 Å². The fourth-order valence-electron chi connectivity index (χ4n) is 1.88. The van der Waals surface area contributed by atoms with E-state index < -0.39 is 17.0 Å². The van der Waals surface area contributed by atoms with Crippen molar-refractivity contribution in [2.75, 3.05) is 0 Å². The summed E-state index contributed by atoms with van der Waals surface area (Å²) < 4.78 is 29.6. The molecular formula is C15H16F2N2. The molecule has 1 heterocycles. The molecule has 4 heteroatoms. The lowest BCUT2D eigenvalue weighted by Gasteiger charge is -2.24. The number of allylic oxidation sites excluding steroid dienone is 1.